The zero-order valence-electron chi connectivity index (χ0n) is 6.60. The molecule has 3 rings (SSSR count). The number of hydrogen-bond donors (Lipinski definition) is 0. The Morgan fingerprint density at radius 2 is 2.09 bits per heavy atom. The summed E-state index contributed by atoms with van der Waals surface area (Å²) in [5.74, 6) is 2.07. The van der Waals surface area contributed by atoms with Crippen molar-refractivity contribution in [1.82, 2.24) is 0 Å². The number of ketones is 1. The molecule has 0 saturated heterocycles. The third-order valence-electron chi connectivity index (χ3n) is 3.63. The number of rotatable bonds is 0. The fourth-order valence-corrected chi connectivity index (χ4v) is 3.17. The molecular formula is C10H12O. The second kappa shape index (κ2) is 1.77. The van der Waals surface area contributed by atoms with Crippen LogP contribution in [0.1, 0.15) is 32.1 Å². The third-order valence-corrected chi connectivity index (χ3v) is 3.63. The van der Waals surface area contributed by atoms with Crippen molar-refractivity contribution in [2.24, 2.45) is 11.8 Å². The molecule has 0 heterocycles. The van der Waals surface area contributed by atoms with E-state index in [1.54, 1.807) is 0 Å². The van der Waals surface area contributed by atoms with Crippen LogP contribution >= 0.6 is 0 Å². The van der Waals surface area contributed by atoms with Crippen LogP contribution in [0.25, 0.3) is 0 Å². The maximum atomic E-state index is 11.4. The van der Waals surface area contributed by atoms with Crippen LogP contribution < -0.4 is 0 Å². The van der Waals surface area contributed by atoms with Gasteiger partial charge in [0.25, 0.3) is 0 Å². The summed E-state index contributed by atoms with van der Waals surface area (Å²) in [4.78, 5) is 11.4. The van der Waals surface area contributed by atoms with Gasteiger partial charge < -0.3 is 0 Å². The molecule has 2 bridgehead atoms. The van der Waals surface area contributed by atoms with E-state index in [0.29, 0.717) is 11.7 Å². The summed E-state index contributed by atoms with van der Waals surface area (Å²) < 4.78 is 0. The zero-order chi connectivity index (χ0) is 7.42. The first-order valence-corrected chi connectivity index (χ1v) is 4.61. The molecule has 2 atom stereocenters. The Hall–Kier alpha value is -0.590. The molecular weight excluding hydrogens is 136 g/mol. The van der Waals surface area contributed by atoms with Crippen LogP contribution in [0.4, 0.5) is 0 Å². The van der Waals surface area contributed by atoms with Gasteiger partial charge in [0.1, 0.15) is 0 Å². The molecule has 1 nitrogen and oxygen atoms in total. The highest BCUT2D eigenvalue weighted by Gasteiger charge is 2.44. The molecule has 2 fully saturated rings. The quantitative estimate of drug-likeness (QED) is 0.514. The van der Waals surface area contributed by atoms with Crippen molar-refractivity contribution in [3.8, 4) is 0 Å². The van der Waals surface area contributed by atoms with E-state index < -0.39 is 0 Å². The summed E-state index contributed by atoms with van der Waals surface area (Å²) in [7, 11) is 0. The van der Waals surface area contributed by atoms with Crippen molar-refractivity contribution in [1.29, 1.82) is 0 Å². The van der Waals surface area contributed by atoms with Crippen LogP contribution in [0, 0.1) is 11.8 Å². The average molecular weight is 148 g/mol. The van der Waals surface area contributed by atoms with E-state index in [4.69, 9.17) is 0 Å². The third kappa shape index (κ3) is 0.597. The topological polar surface area (TPSA) is 17.1 Å². The van der Waals surface area contributed by atoms with E-state index >= 15 is 0 Å². The van der Waals surface area contributed by atoms with Gasteiger partial charge in [0.15, 0.2) is 5.78 Å². The lowest BCUT2D eigenvalue weighted by Crippen LogP contribution is -2.08. The Labute approximate surface area is 66.5 Å². The number of hydrogen-bond acceptors (Lipinski definition) is 1. The van der Waals surface area contributed by atoms with E-state index in [9.17, 15) is 4.79 Å². The van der Waals surface area contributed by atoms with Gasteiger partial charge in [-0.1, -0.05) is 5.57 Å². The van der Waals surface area contributed by atoms with Crippen molar-refractivity contribution >= 4 is 5.78 Å². The second-order valence-corrected chi connectivity index (χ2v) is 4.09. The Kier molecular flexibility index (Phi) is 0.961. The van der Waals surface area contributed by atoms with Crippen molar-refractivity contribution in [3.63, 3.8) is 0 Å². The summed E-state index contributed by atoms with van der Waals surface area (Å²) in [6.45, 7) is 0. The predicted molar refractivity (Wildman–Crippen MR) is 42.1 cm³/mol. The average Bonchev–Trinajstić information content (AvgIpc) is 2.60. The molecule has 0 aromatic heterocycles. The van der Waals surface area contributed by atoms with Gasteiger partial charge in [-0.3, -0.25) is 4.79 Å². The summed E-state index contributed by atoms with van der Waals surface area (Å²) in [5, 5.41) is 0. The van der Waals surface area contributed by atoms with E-state index in [-0.39, 0.29) is 0 Å². The van der Waals surface area contributed by atoms with E-state index in [2.05, 4.69) is 0 Å². The molecule has 2 saturated carbocycles. The van der Waals surface area contributed by atoms with Crippen molar-refractivity contribution in [2.75, 3.05) is 0 Å². The van der Waals surface area contributed by atoms with E-state index in [1.807, 2.05) is 0 Å². The molecule has 0 radical (unpaired) electrons. The lowest BCUT2D eigenvalue weighted by molar-refractivity contribution is -0.114. The van der Waals surface area contributed by atoms with E-state index in [1.165, 1.54) is 36.8 Å². The number of allylic oxidation sites excluding steroid dienone is 2. The summed E-state index contributed by atoms with van der Waals surface area (Å²) in [6, 6.07) is 0. The molecule has 11 heavy (non-hydrogen) atoms. The smallest absolute Gasteiger partial charge is 0.159 e. The SMILES string of the molecule is O=C1CCC2C1=C1CCC2C1. The van der Waals surface area contributed by atoms with Crippen molar-refractivity contribution < 1.29 is 4.79 Å². The molecule has 2 unspecified atom stereocenters. The molecule has 0 aromatic rings. The van der Waals surface area contributed by atoms with Gasteiger partial charge in [0.2, 0.25) is 0 Å². The van der Waals surface area contributed by atoms with Crippen LogP contribution in [0.3, 0.4) is 0 Å². The predicted octanol–water partition coefficient (Wildman–Crippen LogP) is 2.08. The van der Waals surface area contributed by atoms with Crippen LogP contribution in [0.5, 0.6) is 0 Å². The second-order valence-electron chi connectivity index (χ2n) is 4.09. The molecule has 1 heteroatoms. The number of carbonyl (C=O) groups excluding carboxylic acids is 1. The zero-order valence-corrected chi connectivity index (χ0v) is 6.60. The molecule has 0 aliphatic heterocycles. The fraction of sp³-hybridized carbons (Fsp3) is 0.700. The molecule has 0 N–H and O–H groups in total. The summed E-state index contributed by atoms with van der Waals surface area (Å²) in [6.07, 6.45) is 5.90. The van der Waals surface area contributed by atoms with Gasteiger partial charge in [-0.15, -0.1) is 0 Å². The monoisotopic (exact) mass is 148 g/mol. The highest BCUT2D eigenvalue weighted by molar-refractivity contribution is 5.99. The van der Waals surface area contributed by atoms with Gasteiger partial charge in [-0.05, 0) is 43.1 Å². The molecule has 3 aliphatic rings. The lowest BCUT2D eigenvalue weighted by atomic mass is 9.88. The minimum Gasteiger partial charge on any atom is -0.295 e. The Morgan fingerprint density at radius 1 is 1.18 bits per heavy atom. The molecule has 0 amide bonds. The number of carbonyl (C=O) groups is 1. The van der Waals surface area contributed by atoms with Crippen LogP contribution in [-0.2, 0) is 4.79 Å². The maximum absolute atomic E-state index is 11.4. The van der Waals surface area contributed by atoms with Crippen molar-refractivity contribution in [3.05, 3.63) is 11.1 Å². The Morgan fingerprint density at radius 3 is 2.91 bits per heavy atom. The summed E-state index contributed by atoms with van der Waals surface area (Å²) >= 11 is 0. The molecule has 0 spiro atoms. The first-order chi connectivity index (χ1) is 5.36. The Bertz CT molecular complexity index is 262. The van der Waals surface area contributed by atoms with Gasteiger partial charge >= 0.3 is 0 Å². The van der Waals surface area contributed by atoms with Crippen LogP contribution in [0.15, 0.2) is 11.1 Å². The first-order valence-electron chi connectivity index (χ1n) is 4.61. The van der Waals surface area contributed by atoms with Crippen LogP contribution in [-0.4, -0.2) is 5.78 Å². The molecule has 3 aliphatic carbocycles. The van der Waals surface area contributed by atoms with Gasteiger partial charge in [0.05, 0.1) is 0 Å². The Balaban J connectivity index is 2.14. The normalized spacial score (nSPS) is 40.5. The number of Topliss-reactive ketones (excluding diaryl/α,β-unsaturated/α-hetero) is 1. The largest absolute Gasteiger partial charge is 0.295 e. The minimum atomic E-state index is 0.479. The van der Waals surface area contributed by atoms with Gasteiger partial charge in [-0.25, -0.2) is 0 Å². The lowest BCUT2D eigenvalue weighted by Gasteiger charge is -2.15. The van der Waals surface area contributed by atoms with Gasteiger partial charge in [0, 0.05) is 6.42 Å². The van der Waals surface area contributed by atoms with Crippen LogP contribution in [0.2, 0.25) is 0 Å². The fourth-order valence-electron chi connectivity index (χ4n) is 3.17. The minimum absolute atomic E-state index is 0.479. The van der Waals surface area contributed by atoms with Gasteiger partial charge in [-0.2, -0.15) is 0 Å². The standard InChI is InChI=1S/C10H12O/c11-9-4-3-8-6-1-2-7(5-6)10(8)9/h6,8H,1-5H2. The summed E-state index contributed by atoms with van der Waals surface area (Å²) in [5.41, 5.74) is 2.81. The molecule has 0 aromatic carbocycles. The van der Waals surface area contributed by atoms with Crippen molar-refractivity contribution in [2.45, 2.75) is 32.1 Å². The van der Waals surface area contributed by atoms with E-state index in [0.717, 1.165) is 12.3 Å². The highest BCUT2D eigenvalue weighted by atomic mass is 16.1. The number of fused-ring (bicyclic) bond motifs is 4. The molecule has 58 valence electrons. The maximum Gasteiger partial charge on any atom is 0.159 e. The first kappa shape index (κ1) is 5.99. The highest BCUT2D eigenvalue weighted by Crippen LogP contribution is 2.53.